The van der Waals surface area contributed by atoms with Gasteiger partial charge in [0.05, 0.1) is 10.6 Å². The summed E-state index contributed by atoms with van der Waals surface area (Å²) in [5.41, 5.74) is 5.92. The highest BCUT2D eigenvalue weighted by molar-refractivity contribution is 7.89. The molecule has 1 aromatic carbocycles. The first-order chi connectivity index (χ1) is 8.99. The Hall–Kier alpha value is -1.99. The predicted molar refractivity (Wildman–Crippen MR) is 69.1 cm³/mol. The lowest BCUT2D eigenvalue weighted by atomic mass is 10.3. The molecule has 0 unspecified atom stereocenters. The van der Waals surface area contributed by atoms with Gasteiger partial charge in [0, 0.05) is 18.9 Å². The summed E-state index contributed by atoms with van der Waals surface area (Å²) < 4.78 is 39.3. The monoisotopic (exact) mass is 281 g/mol. The van der Waals surface area contributed by atoms with Crippen LogP contribution >= 0.6 is 0 Å². The molecule has 2 rings (SSSR count). The molecule has 0 saturated heterocycles. The van der Waals surface area contributed by atoms with Gasteiger partial charge < -0.3 is 5.73 Å². The number of pyridine rings is 1. The van der Waals surface area contributed by atoms with E-state index in [1.807, 2.05) is 0 Å². The van der Waals surface area contributed by atoms with Crippen LogP contribution in [0, 0.1) is 5.82 Å². The molecule has 0 fully saturated rings. The van der Waals surface area contributed by atoms with Crippen LogP contribution in [-0.2, 0) is 16.6 Å². The van der Waals surface area contributed by atoms with Crippen molar-refractivity contribution in [3.63, 3.8) is 0 Å². The number of nitrogen functional groups attached to an aromatic ring is 1. The smallest absolute Gasteiger partial charge is 0.240 e. The van der Waals surface area contributed by atoms with Gasteiger partial charge in [0.2, 0.25) is 10.0 Å². The Balaban J connectivity index is 2.16. The fraction of sp³-hybridized carbons (Fsp3) is 0.0833. The van der Waals surface area contributed by atoms with Crippen molar-refractivity contribution in [2.75, 3.05) is 5.73 Å². The second kappa shape index (κ2) is 5.33. The fourth-order valence-corrected chi connectivity index (χ4v) is 2.50. The molecule has 19 heavy (non-hydrogen) atoms. The number of hydrogen-bond donors (Lipinski definition) is 2. The van der Waals surface area contributed by atoms with Crippen molar-refractivity contribution in [1.82, 2.24) is 9.71 Å². The summed E-state index contributed by atoms with van der Waals surface area (Å²) in [6.45, 7) is 0.127. The molecule has 100 valence electrons. The predicted octanol–water partition coefficient (Wildman–Crippen LogP) is 1.28. The Morgan fingerprint density at radius 3 is 2.53 bits per heavy atom. The van der Waals surface area contributed by atoms with E-state index in [4.69, 9.17) is 5.73 Å². The normalized spacial score (nSPS) is 11.4. The van der Waals surface area contributed by atoms with Gasteiger partial charge in [0.1, 0.15) is 5.82 Å². The van der Waals surface area contributed by atoms with Gasteiger partial charge in [0.25, 0.3) is 0 Å². The molecule has 7 heteroatoms. The Morgan fingerprint density at radius 2 is 1.89 bits per heavy atom. The van der Waals surface area contributed by atoms with Crippen molar-refractivity contribution >= 4 is 15.7 Å². The van der Waals surface area contributed by atoms with E-state index < -0.39 is 15.8 Å². The molecule has 0 aliphatic carbocycles. The number of anilines is 1. The quantitative estimate of drug-likeness (QED) is 0.827. The number of benzene rings is 1. The van der Waals surface area contributed by atoms with Crippen molar-refractivity contribution in [2.45, 2.75) is 11.4 Å². The summed E-state index contributed by atoms with van der Waals surface area (Å²) in [6, 6.07) is 6.67. The minimum absolute atomic E-state index is 0.0690. The number of sulfonamides is 1. The summed E-state index contributed by atoms with van der Waals surface area (Å²) in [4.78, 5) is 3.76. The van der Waals surface area contributed by atoms with E-state index in [0.717, 1.165) is 17.7 Å². The molecule has 0 amide bonds. The van der Waals surface area contributed by atoms with Gasteiger partial charge >= 0.3 is 0 Å². The highest BCUT2D eigenvalue weighted by atomic mass is 32.2. The molecule has 0 radical (unpaired) electrons. The fourth-order valence-electron chi connectivity index (χ4n) is 1.45. The number of nitrogens with one attached hydrogen (secondary N) is 1. The van der Waals surface area contributed by atoms with Gasteiger partial charge in [0.15, 0.2) is 0 Å². The lowest BCUT2D eigenvalue weighted by Gasteiger charge is -2.07. The topological polar surface area (TPSA) is 85.1 Å². The minimum Gasteiger partial charge on any atom is -0.396 e. The summed E-state index contributed by atoms with van der Waals surface area (Å²) >= 11 is 0. The Bertz CT molecular complexity index is 675. The maximum Gasteiger partial charge on any atom is 0.240 e. The molecular formula is C12H12FN3O2S. The Morgan fingerprint density at radius 1 is 1.21 bits per heavy atom. The molecule has 0 bridgehead atoms. The minimum atomic E-state index is -3.71. The zero-order valence-corrected chi connectivity index (χ0v) is 10.7. The third kappa shape index (κ3) is 3.27. The van der Waals surface area contributed by atoms with Crippen molar-refractivity contribution in [1.29, 1.82) is 0 Å². The number of nitrogens with zero attached hydrogens (tertiary/aromatic N) is 1. The molecule has 2 aromatic rings. The van der Waals surface area contributed by atoms with Crippen molar-refractivity contribution in [2.24, 2.45) is 0 Å². The summed E-state index contributed by atoms with van der Waals surface area (Å²) in [6.07, 6.45) is 3.14. The van der Waals surface area contributed by atoms with Gasteiger partial charge in [-0.3, -0.25) is 4.98 Å². The molecule has 0 aliphatic rings. The maximum absolute atomic E-state index is 13.0. The average Bonchev–Trinajstić information content (AvgIpc) is 2.41. The van der Waals surface area contributed by atoms with Gasteiger partial charge in [-0.05, 0) is 35.9 Å². The number of rotatable bonds is 4. The number of halogens is 1. The first kappa shape index (κ1) is 13.4. The lowest BCUT2D eigenvalue weighted by Crippen LogP contribution is -2.23. The Kier molecular flexibility index (Phi) is 3.77. The van der Waals surface area contributed by atoms with E-state index in [1.54, 1.807) is 24.5 Å². The summed E-state index contributed by atoms with van der Waals surface area (Å²) in [5, 5.41) is 0. The van der Waals surface area contributed by atoms with E-state index in [1.165, 1.54) is 6.07 Å². The third-order valence-electron chi connectivity index (χ3n) is 2.49. The van der Waals surface area contributed by atoms with Crippen LogP contribution in [0.5, 0.6) is 0 Å². The molecular weight excluding hydrogens is 269 g/mol. The van der Waals surface area contributed by atoms with Crippen LogP contribution in [0.2, 0.25) is 0 Å². The van der Waals surface area contributed by atoms with Crippen LogP contribution in [0.4, 0.5) is 10.1 Å². The first-order valence-corrected chi connectivity index (χ1v) is 6.91. The molecule has 1 heterocycles. The molecule has 0 aliphatic heterocycles. The van der Waals surface area contributed by atoms with E-state index in [9.17, 15) is 12.8 Å². The van der Waals surface area contributed by atoms with E-state index in [0.29, 0.717) is 0 Å². The zero-order chi connectivity index (χ0) is 13.9. The second-order valence-electron chi connectivity index (χ2n) is 3.86. The lowest BCUT2D eigenvalue weighted by molar-refractivity contribution is 0.580. The van der Waals surface area contributed by atoms with E-state index in [-0.39, 0.29) is 17.1 Å². The molecule has 0 spiro atoms. The summed E-state index contributed by atoms with van der Waals surface area (Å²) in [5.74, 6) is -0.645. The number of hydrogen-bond acceptors (Lipinski definition) is 4. The second-order valence-corrected chi connectivity index (χ2v) is 5.63. The van der Waals surface area contributed by atoms with Crippen LogP contribution in [0.15, 0.2) is 47.6 Å². The molecule has 3 N–H and O–H groups in total. The van der Waals surface area contributed by atoms with Crippen LogP contribution in [0.25, 0.3) is 0 Å². The van der Waals surface area contributed by atoms with Crippen LogP contribution in [0.3, 0.4) is 0 Å². The van der Waals surface area contributed by atoms with Crippen LogP contribution < -0.4 is 10.5 Å². The SMILES string of the molecule is Nc1cc(S(=O)(=O)NCc2ccncc2)ccc1F. The zero-order valence-electron chi connectivity index (χ0n) is 9.88. The third-order valence-corrected chi connectivity index (χ3v) is 3.89. The van der Waals surface area contributed by atoms with Crippen molar-refractivity contribution in [3.8, 4) is 0 Å². The highest BCUT2D eigenvalue weighted by Gasteiger charge is 2.15. The van der Waals surface area contributed by atoms with Gasteiger partial charge in [-0.1, -0.05) is 0 Å². The average molecular weight is 281 g/mol. The first-order valence-electron chi connectivity index (χ1n) is 5.42. The van der Waals surface area contributed by atoms with E-state index >= 15 is 0 Å². The summed E-state index contributed by atoms with van der Waals surface area (Å²) in [7, 11) is -3.71. The number of aromatic nitrogens is 1. The van der Waals surface area contributed by atoms with Crippen molar-refractivity contribution in [3.05, 3.63) is 54.1 Å². The van der Waals surface area contributed by atoms with Crippen LogP contribution in [-0.4, -0.2) is 13.4 Å². The van der Waals surface area contributed by atoms with E-state index in [2.05, 4.69) is 9.71 Å². The van der Waals surface area contributed by atoms with Crippen LogP contribution in [0.1, 0.15) is 5.56 Å². The molecule has 5 nitrogen and oxygen atoms in total. The standard InChI is InChI=1S/C12H12FN3O2S/c13-11-2-1-10(7-12(11)14)19(17,18)16-8-9-3-5-15-6-4-9/h1-7,16H,8,14H2. The maximum atomic E-state index is 13.0. The number of nitrogens with two attached hydrogens (primary N) is 1. The van der Waals surface area contributed by atoms with Gasteiger partial charge in [-0.15, -0.1) is 0 Å². The van der Waals surface area contributed by atoms with Gasteiger partial charge in [-0.2, -0.15) is 0 Å². The Labute approximate surface area is 110 Å². The van der Waals surface area contributed by atoms with Gasteiger partial charge in [-0.25, -0.2) is 17.5 Å². The van der Waals surface area contributed by atoms with Crippen molar-refractivity contribution < 1.29 is 12.8 Å². The highest BCUT2D eigenvalue weighted by Crippen LogP contribution is 2.16. The molecule has 1 aromatic heterocycles. The largest absolute Gasteiger partial charge is 0.396 e. The molecule has 0 atom stereocenters. The molecule has 0 saturated carbocycles.